The zero-order valence-corrected chi connectivity index (χ0v) is 20.0. The quantitative estimate of drug-likeness (QED) is 0.431. The molecule has 5 rings (SSSR count). The minimum Gasteiger partial charge on any atom is -0.376 e. The van der Waals surface area contributed by atoms with Crippen molar-refractivity contribution in [1.82, 2.24) is 25.0 Å². The molecule has 180 valence electrons. The van der Waals surface area contributed by atoms with Crippen molar-refractivity contribution in [2.75, 3.05) is 13.7 Å². The number of hydrogen-bond donors (Lipinski definition) is 1. The maximum Gasteiger partial charge on any atom is 0.250 e. The predicted octanol–water partition coefficient (Wildman–Crippen LogP) is 4.22. The third-order valence-electron chi connectivity index (χ3n) is 6.28. The van der Waals surface area contributed by atoms with Gasteiger partial charge >= 0.3 is 0 Å². The van der Waals surface area contributed by atoms with Crippen LogP contribution >= 0.6 is 0 Å². The van der Waals surface area contributed by atoms with Gasteiger partial charge in [-0.3, -0.25) is 9.78 Å². The first-order chi connectivity index (χ1) is 17.1. The first-order valence-electron chi connectivity index (χ1n) is 12.0. The minimum absolute atomic E-state index is 0.0520. The fourth-order valence-electron chi connectivity index (χ4n) is 4.34. The van der Waals surface area contributed by atoms with E-state index < -0.39 is 0 Å². The summed E-state index contributed by atoms with van der Waals surface area (Å²) in [5.74, 6) is 0.551. The van der Waals surface area contributed by atoms with Crippen molar-refractivity contribution in [2.24, 2.45) is 0 Å². The first kappa shape index (κ1) is 23.1. The average Bonchev–Trinajstić information content (AvgIpc) is 3.37. The number of hydrogen-bond acceptors (Lipinski definition) is 7. The van der Waals surface area contributed by atoms with E-state index in [4.69, 9.17) is 14.2 Å². The first-order valence-corrected chi connectivity index (χ1v) is 12.0. The third-order valence-corrected chi connectivity index (χ3v) is 6.28. The van der Waals surface area contributed by atoms with Crippen molar-refractivity contribution in [3.05, 3.63) is 76.5 Å². The van der Waals surface area contributed by atoms with Crippen molar-refractivity contribution in [3.8, 4) is 34.0 Å². The second-order valence-electron chi connectivity index (χ2n) is 8.89. The molecule has 8 heteroatoms. The summed E-state index contributed by atoms with van der Waals surface area (Å²) in [6.07, 6.45) is 6.80. The van der Waals surface area contributed by atoms with Gasteiger partial charge in [0.15, 0.2) is 5.76 Å². The zero-order chi connectivity index (χ0) is 24.2. The molecular weight excluding hydrogens is 442 g/mol. The van der Waals surface area contributed by atoms with E-state index in [1.165, 1.54) is 5.56 Å². The Hall–Kier alpha value is -3.62. The monoisotopic (exact) mass is 471 g/mol. The van der Waals surface area contributed by atoms with Crippen LogP contribution in [0.25, 0.3) is 34.0 Å². The largest absolute Gasteiger partial charge is 0.376 e. The second-order valence-corrected chi connectivity index (χ2v) is 8.89. The Balaban J connectivity index is 1.42. The number of benzene rings is 1. The summed E-state index contributed by atoms with van der Waals surface area (Å²) in [6.45, 7) is 4.00. The molecule has 8 nitrogen and oxygen atoms in total. The number of ether oxygens (including phenoxy) is 1. The van der Waals surface area contributed by atoms with E-state index in [1.54, 1.807) is 22.9 Å². The van der Waals surface area contributed by atoms with Crippen molar-refractivity contribution < 1.29 is 9.26 Å². The van der Waals surface area contributed by atoms with Gasteiger partial charge in [0, 0.05) is 42.6 Å². The van der Waals surface area contributed by atoms with Crippen molar-refractivity contribution in [1.29, 1.82) is 0 Å². The highest BCUT2D eigenvalue weighted by Gasteiger charge is 2.17. The lowest BCUT2D eigenvalue weighted by Crippen LogP contribution is -2.30. The number of nitrogens with one attached hydrogen (secondary N) is 1. The zero-order valence-electron chi connectivity index (χ0n) is 20.0. The van der Waals surface area contributed by atoms with Crippen molar-refractivity contribution in [3.63, 3.8) is 0 Å². The number of pyridine rings is 1. The lowest BCUT2D eigenvalue weighted by Gasteiger charge is -2.23. The van der Waals surface area contributed by atoms with Gasteiger partial charge < -0.3 is 19.1 Å². The molecule has 3 aromatic heterocycles. The molecule has 0 saturated carbocycles. The van der Waals surface area contributed by atoms with Gasteiger partial charge in [0.1, 0.15) is 11.4 Å². The Morgan fingerprint density at radius 2 is 1.91 bits per heavy atom. The van der Waals surface area contributed by atoms with Crippen LogP contribution in [0.1, 0.15) is 30.5 Å². The van der Waals surface area contributed by atoms with Crippen LogP contribution in [0.4, 0.5) is 0 Å². The fourth-order valence-corrected chi connectivity index (χ4v) is 4.34. The van der Waals surface area contributed by atoms with E-state index >= 15 is 0 Å². The Labute approximate surface area is 204 Å². The topological polar surface area (TPSA) is 95.1 Å². The summed E-state index contributed by atoms with van der Waals surface area (Å²) in [4.78, 5) is 21.8. The van der Waals surface area contributed by atoms with Gasteiger partial charge in [0.05, 0.1) is 30.2 Å². The molecule has 1 aromatic carbocycles. The molecule has 0 amide bonds. The van der Waals surface area contributed by atoms with E-state index in [2.05, 4.69) is 27.6 Å². The van der Waals surface area contributed by atoms with Crippen LogP contribution in [0.2, 0.25) is 0 Å². The van der Waals surface area contributed by atoms with Crippen molar-refractivity contribution in [2.45, 2.75) is 45.4 Å². The summed E-state index contributed by atoms with van der Waals surface area (Å²) in [5.41, 5.74) is 5.70. The molecule has 1 atom stereocenters. The summed E-state index contributed by atoms with van der Waals surface area (Å²) in [6, 6.07) is 13.4. The standard InChI is InChI=1S/C27H29N5O3/c1-18-27(25-13-23(31-35-25)20-8-6-19(7-9-20)14-28-2)30-24(15-29-18)21-10-11-26(33)32(16-21)17-22-5-3-4-12-34-22/h6-11,13,15-16,22,28H,3-5,12,14,17H2,1-2H3. The van der Waals surface area contributed by atoms with Gasteiger partial charge in [-0.15, -0.1) is 0 Å². The van der Waals surface area contributed by atoms with E-state index in [1.807, 2.05) is 38.4 Å². The van der Waals surface area contributed by atoms with Gasteiger partial charge in [0.25, 0.3) is 5.56 Å². The summed E-state index contributed by atoms with van der Waals surface area (Å²) in [7, 11) is 1.93. The molecule has 0 bridgehead atoms. The SMILES string of the molecule is CNCc1ccc(-c2cc(-c3nc(-c4ccc(=O)n(CC5CCCCO5)c4)cnc3C)on2)cc1. The molecule has 0 spiro atoms. The average molecular weight is 472 g/mol. The highest BCUT2D eigenvalue weighted by atomic mass is 16.5. The van der Waals surface area contributed by atoms with Crippen LogP contribution in [0.15, 0.2) is 64.2 Å². The molecular formula is C27H29N5O3. The summed E-state index contributed by atoms with van der Waals surface area (Å²) >= 11 is 0. The molecule has 35 heavy (non-hydrogen) atoms. The van der Waals surface area contributed by atoms with Crippen LogP contribution in [0.3, 0.4) is 0 Å². The van der Waals surface area contributed by atoms with Gasteiger partial charge in [-0.1, -0.05) is 29.4 Å². The molecule has 1 saturated heterocycles. The molecule has 0 aliphatic carbocycles. The van der Waals surface area contributed by atoms with Crippen LogP contribution < -0.4 is 10.9 Å². The lowest BCUT2D eigenvalue weighted by atomic mass is 10.1. The Morgan fingerprint density at radius 3 is 2.69 bits per heavy atom. The highest BCUT2D eigenvalue weighted by Crippen LogP contribution is 2.28. The van der Waals surface area contributed by atoms with E-state index in [9.17, 15) is 4.79 Å². The number of aromatic nitrogens is 4. The molecule has 1 aliphatic heterocycles. The maximum absolute atomic E-state index is 12.5. The van der Waals surface area contributed by atoms with Crippen LogP contribution in [-0.2, 0) is 17.8 Å². The van der Waals surface area contributed by atoms with Crippen molar-refractivity contribution >= 4 is 0 Å². The second kappa shape index (κ2) is 10.3. The number of nitrogens with zero attached hydrogens (tertiary/aromatic N) is 4. The lowest BCUT2D eigenvalue weighted by molar-refractivity contribution is 0.00545. The van der Waals surface area contributed by atoms with E-state index in [0.717, 1.165) is 54.9 Å². The molecule has 0 radical (unpaired) electrons. The van der Waals surface area contributed by atoms with Crippen LogP contribution in [0, 0.1) is 6.92 Å². The van der Waals surface area contributed by atoms with E-state index in [-0.39, 0.29) is 11.7 Å². The molecule has 1 unspecified atom stereocenters. The summed E-state index contributed by atoms with van der Waals surface area (Å²) < 4.78 is 13.2. The van der Waals surface area contributed by atoms with Gasteiger partial charge in [-0.25, -0.2) is 4.98 Å². The number of aryl methyl sites for hydroxylation is 1. The molecule has 1 fully saturated rings. The Kier molecular flexibility index (Phi) is 6.83. The highest BCUT2D eigenvalue weighted by molar-refractivity contribution is 5.68. The van der Waals surface area contributed by atoms with E-state index in [0.29, 0.717) is 23.7 Å². The molecule has 1 aliphatic rings. The maximum atomic E-state index is 12.5. The van der Waals surface area contributed by atoms with Crippen LogP contribution in [0.5, 0.6) is 0 Å². The Morgan fingerprint density at radius 1 is 1.09 bits per heavy atom. The van der Waals surface area contributed by atoms with Gasteiger partial charge in [-0.05, 0) is 44.9 Å². The smallest absolute Gasteiger partial charge is 0.250 e. The normalized spacial score (nSPS) is 15.9. The Bertz CT molecular complexity index is 1350. The minimum atomic E-state index is -0.0520. The van der Waals surface area contributed by atoms with Crippen LogP contribution in [-0.4, -0.2) is 39.5 Å². The molecule has 4 heterocycles. The number of rotatable bonds is 7. The third kappa shape index (κ3) is 5.23. The van der Waals surface area contributed by atoms with Gasteiger partial charge in [0.2, 0.25) is 0 Å². The predicted molar refractivity (Wildman–Crippen MR) is 134 cm³/mol. The summed E-state index contributed by atoms with van der Waals surface area (Å²) in [5, 5.41) is 7.40. The fraction of sp³-hybridized carbons (Fsp3) is 0.333. The molecule has 4 aromatic rings. The van der Waals surface area contributed by atoms with Gasteiger partial charge in [-0.2, -0.15) is 0 Å². The molecule has 1 N–H and O–H groups in total.